The van der Waals surface area contributed by atoms with Crippen LogP contribution in [0.4, 0.5) is 10.2 Å². The maximum Gasteiger partial charge on any atom is 0.165 e. The lowest BCUT2D eigenvalue weighted by molar-refractivity contribution is 0.253. The molecule has 0 saturated carbocycles. The summed E-state index contributed by atoms with van der Waals surface area (Å²) in [5, 5.41) is 14.8. The van der Waals surface area contributed by atoms with Gasteiger partial charge in [-0.15, -0.1) is 11.3 Å². The first kappa shape index (κ1) is 21.9. The summed E-state index contributed by atoms with van der Waals surface area (Å²) < 4.78 is 15.2. The molecule has 0 aliphatic carbocycles. The molecule has 5 nitrogen and oxygen atoms in total. The van der Waals surface area contributed by atoms with Crippen LogP contribution in [0, 0.1) is 24.6 Å². The van der Waals surface area contributed by atoms with Crippen LogP contribution in [0.25, 0.3) is 21.6 Å². The molecule has 4 aromatic rings. The third kappa shape index (κ3) is 5.10. The molecule has 32 heavy (non-hydrogen) atoms. The zero-order valence-electron chi connectivity index (χ0n) is 17.9. The van der Waals surface area contributed by atoms with Crippen molar-refractivity contribution in [3.63, 3.8) is 0 Å². The molecule has 0 fully saturated rings. The quantitative estimate of drug-likeness (QED) is 0.323. The second-order valence-corrected chi connectivity index (χ2v) is 8.42. The number of pyridine rings is 1. The second kappa shape index (κ2) is 9.86. The first-order valence-corrected chi connectivity index (χ1v) is 11.3. The van der Waals surface area contributed by atoms with Gasteiger partial charge >= 0.3 is 0 Å². The van der Waals surface area contributed by atoms with E-state index in [1.807, 2.05) is 5.38 Å². The lowest BCUT2D eigenvalue weighted by Crippen LogP contribution is -2.06. The van der Waals surface area contributed by atoms with E-state index in [0.29, 0.717) is 23.4 Å². The Bertz CT molecular complexity index is 1310. The number of nitrogens with one attached hydrogen (secondary N) is 1. The van der Waals surface area contributed by atoms with Crippen LogP contribution in [0.5, 0.6) is 0 Å². The molecule has 0 saturated heterocycles. The average Bonchev–Trinajstić information content (AvgIpc) is 3.18. The van der Waals surface area contributed by atoms with E-state index < -0.39 is 11.9 Å². The van der Waals surface area contributed by atoms with Crippen molar-refractivity contribution >= 4 is 27.4 Å². The average molecular weight is 447 g/mol. The van der Waals surface area contributed by atoms with Gasteiger partial charge in [-0.1, -0.05) is 41.7 Å². The minimum absolute atomic E-state index is 0.275. The number of halogens is 1. The fourth-order valence-electron chi connectivity index (χ4n) is 3.35. The van der Waals surface area contributed by atoms with Gasteiger partial charge in [0.25, 0.3) is 0 Å². The summed E-state index contributed by atoms with van der Waals surface area (Å²) >= 11 is 1.48. The standard InChI is InChI=1S/C25H23FN4OS/c1-16-5-3-6-18(13-16)7-4-11-28-25-23-22(19(15-32-23)9-8-17(2)31)29-24(30-25)20-10-12-27-14-21(20)26/h3,5-6,10,12-15,17,31H,4,7,11H2,1-2H3,(H,28,29,30). The van der Waals surface area contributed by atoms with Crippen LogP contribution < -0.4 is 5.32 Å². The van der Waals surface area contributed by atoms with Crippen molar-refractivity contribution in [3.8, 4) is 23.2 Å². The van der Waals surface area contributed by atoms with Crippen LogP contribution in [0.1, 0.15) is 30.0 Å². The summed E-state index contributed by atoms with van der Waals surface area (Å²) in [6.07, 6.45) is 3.80. The largest absolute Gasteiger partial charge is 0.381 e. The van der Waals surface area contributed by atoms with Crippen molar-refractivity contribution in [2.45, 2.75) is 32.8 Å². The highest BCUT2D eigenvalue weighted by Crippen LogP contribution is 2.32. The van der Waals surface area contributed by atoms with Gasteiger partial charge in [-0.3, -0.25) is 4.98 Å². The van der Waals surface area contributed by atoms with Gasteiger partial charge in [-0.05, 0) is 38.3 Å². The van der Waals surface area contributed by atoms with Crippen molar-refractivity contribution in [1.29, 1.82) is 0 Å². The Morgan fingerprint density at radius 2 is 2.12 bits per heavy atom. The van der Waals surface area contributed by atoms with Crippen LogP contribution in [-0.4, -0.2) is 32.7 Å². The van der Waals surface area contributed by atoms with Crippen molar-refractivity contribution in [1.82, 2.24) is 15.0 Å². The molecule has 1 unspecified atom stereocenters. The van der Waals surface area contributed by atoms with Gasteiger partial charge in [0.05, 0.1) is 22.0 Å². The highest BCUT2D eigenvalue weighted by atomic mass is 32.1. The number of aryl methyl sites for hydroxylation is 2. The van der Waals surface area contributed by atoms with E-state index in [9.17, 15) is 9.50 Å². The van der Waals surface area contributed by atoms with Gasteiger partial charge in [0.2, 0.25) is 0 Å². The molecule has 0 bridgehead atoms. The smallest absolute Gasteiger partial charge is 0.165 e. The molecular formula is C25H23FN4OS. The Hall–Kier alpha value is -3.34. The molecule has 0 radical (unpaired) electrons. The Kier molecular flexibility index (Phi) is 6.74. The number of benzene rings is 1. The topological polar surface area (TPSA) is 70.9 Å². The fourth-order valence-corrected chi connectivity index (χ4v) is 4.26. The molecule has 7 heteroatoms. The van der Waals surface area contributed by atoms with E-state index in [2.05, 4.69) is 63.3 Å². The molecule has 162 valence electrons. The Balaban J connectivity index is 1.64. The summed E-state index contributed by atoms with van der Waals surface area (Å²) in [5.41, 5.74) is 4.16. The number of fused-ring (bicyclic) bond motifs is 1. The molecule has 0 aliphatic rings. The summed E-state index contributed by atoms with van der Waals surface area (Å²) in [5.74, 6) is 6.17. The van der Waals surface area contributed by atoms with Gasteiger partial charge in [-0.25, -0.2) is 14.4 Å². The van der Waals surface area contributed by atoms with Crippen molar-refractivity contribution in [3.05, 3.63) is 70.6 Å². The first-order valence-electron chi connectivity index (χ1n) is 10.4. The van der Waals surface area contributed by atoms with Crippen molar-refractivity contribution < 1.29 is 9.50 Å². The van der Waals surface area contributed by atoms with E-state index in [4.69, 9.17) is 0 Å². The van der Waals surface area contributed by atoms with Crippen LogP contribution in [-0.2, 0) is 6.42 Å². The lowest BCUT2D eigenvalue weighted by Gasteiger charge is -2.10. The third-order valence-corrected chi connectivity index (χ3v) is 5.84. The maximum atomic E-state index is 14.4. The molecule has 0 aliphatic heterocycles. The van der Waals surface area contributed by atoms with Gasteiger partial charge in [0.15, 0.2) is 11.6 Å². The van der Waals surface area contributed by atoms with E-state index in [1.54, 1.807) is 13.0 Å². The SMILES string of the molecule is Cc1cccc(CCCNc2nc(-c3ccncc3F)nc3c(C#CC(C)O)csc23)c1. The molecule has 1 atom stereocenters. The number of aliphatic hydroxyl groups is 1. The van der Waals surface area contributed by atoms with Gasteiger partial charge < -0.3 is 10.4 Å². The Morgan fingerprint density at radius 1 is 1.25 bits per heavy atom. The number of hydrogen-bond acceptors (Lipinski definition) is 6. The highest BCUT2D eigenvalue weighted by molar-refractivity contribution is 7.18. The Labute approximate surface area is 190 Å². The predicted molar refractivity (Wildman–Crippen MR) is 127 cm³/mol. The number of aliphatic hydroxyl groups excluding tert-OH is 1. The van der Waals surface area contributed by atoms with E-state index in [0.717, 1.165) is 23.7 Å². The maximum absolute atomic E-state index is 14.4. The van der Waals surface area contributed by atoms with Crippen molar-refractivity contribution in [2.24, 2.45) is 0 Å². The van der Waals surface area contributed by atoms with Crippen LogP contribution in [0.3, 0.4) is 0 Å². The van der Waals surface area contributed by atoms with E-state index >= 15 is 0 Å². The summed E-state index contributed by atoms with van der Waals surface area (Å²) in [7, 11) is 0. The van der Waals surface area contributed by atoms with Crippen LogP contribution in [0.15, 0.2) is 48.1 Å². The van der Waals surface area contributed by atoms with Crippen molar-refractivity contribution in [2.75, 3.05) is 11.9 Å². The monoisotopic (exact) mass is 446 g/mol. The van der Waals surface area contributed by atoms with E-state index in [-0.39, 0.29) is 11.4 Å². The molecule has 1 aromatic carbocycles. The molecule has 3 aromatic heterocycles. The Morgan fingerprint density at radius 3 is 2.91 bits per heavy atom. The van der Waals surface area contributed by atoms with Gasteiger partial charge in [0, 0.05) is 18.1 Å². The molecule has 0 spiro atoms. The normalized spacial score (nSPS) is 11.8. The second-order valence-electron chi connectivity index (χ2n) is 7.54. The zero-order chi connectivity index (χ0) is 22.5. The van der Waals surface area contributed by atoms with Gasteiger partial charge in [-0.2, -0.15) is 0 Å². The summed E-state index contributed by atoms with van der Waals surface area (Å²) in [6, 6.07) is 10.1. The van der Waals surface area contributed by atoms with E-state index in [1.165, 1.54) is 28.7 Å². The fraction of sp³-hybridized carbons (Fsp3) is 0.240. The molecule has 4 rings (SSSR count). The molecule has 3 heterocycles. The number of hydrogen-bond donors (Lipinski definition) is 2. The van der Waals surface area contributed by atoms with Crippen LogP contribution >= 0.6 is 11.3 Å². The number of nitrogens with zero attached hydrogens (tertiary/aromatic N) is 3. The minimum Gasteiger partial charge on any atom is -0.381 e. The third-order valence-electron chi connectivity index (χ3n) is 4.86. The molecular weight excluding hydrogens is 423 g/mol. The molecule has 2 N–H and O–H groups in total. The zero-order valence-corrected chi connectivity index (χ0v) is 18.7. The predicted octanol–water partition coefficient (Wildman–Crippen LogP) is 4.98. The van der Waals surface area contributed by atoms with Crippen LogP contribution in [0.2, 0.25) is 0 Å². The number of anilines is 1. The van der Waals surface area contributed by atoms with Gasteiger partial charge in [0.1, 0.15) is 17.4 Å². The number of aromatic nitrogens is 3. The first-order chi connectivity index (χ1) is 15.5. The summed E-state index contributed by atoms with van der Waals surface area (Å²) in [6.45, 7) is 4.41. The highest BCUT2D eigenvalue weighted by Gasteiger charge is 2.16. The lowest BCUT2D eigenvalue weighted by atomic mass is 10.1. The summed E-state index contributed by atoms with van der Waals surface area (Å²) in [4.78, 5) is 13.0. The number of thiophene rings is 1. The number of rotatable bonds is 6. The minimum atomic E-state index is -0.747. The molecule has 0 amide bonds.